The predicted octanol–water partition coefficient (Wildman–Crippen LogP) is 3.38. The molecule has 0 spiro atoms. The number of rotatable bonds is 5. The van der Waals surface area contributed by atoms with Crippen LogP contribution in [0.3, 0.4) is 0 Å². The topological polar surface area (TPSA) is 51.0 Å². The van der Waals surface area contributed by atoms with Gasteiger partial charge in [0.25, 0.3) is 0 Å². The normalized spacial score (nSPS) is 18.8. The summed E-state index contributed by atoms with van der Waals surface area (Å²) in [4.78, 5) is 15.1. The van der Waals surface area contributed by atoms with Crippen LogP contribution in [0, 0.1) is 6.92 Å². The molecule has 1 atom stereocenters. The molecule has 1 aromatic heterocycles. The van der Waals surface area contributed by atoms with Crippen molar-refractivity contribution in [3.8, 4) is 0 Å². The SMILES string of the molecule is Cc1nnc(S[C@@H](C(=O)N2CCCC2)c2ccccc2)n1C1CC1. The second-order valence-corrected chi connectivity index (χ2v) is 7.64. The number of likely N-dealkylation sites (tertiary alicyclic amines) is 1. The molecule has 0 N–H and O–H groups in total. The number of nitrogens with zero attached hydrogens (tertiary/aromatic N) is 4. The van der Waals surface area contributed by atoms with Crippen molar-refractivity contribution in [2.75, 3.05) is 13.1 Å². The molecule has 2 aromatic rings. The fourth-order valence-corrected chi connectivity index (χ4v) is 4.52. The molecule has 0 radical (unpaired) electrons. The molecule has 2 aliphatic rings. The van der Waals surface area contributed by atoms with Crippen molar-refractivity contribution >= 4 is 17.7 Å². The first-order chi connectivity index (χ1) is 11.7. The number of amides is 1. The highest BCUT2D eigenvalue weighted by Crippen LogP contribution is 2.42. The number of hydrogen-bond donors (Lipinski definition) is 0. The van der Waals surface area contributed by atoms with Crippen molar-refractivity contribution in [3.63, 3.8) is 0 Å². The molecular formula is C18H22N4OS. The largest absolute Gasteiger partial charge is 0.341 e. The van der Waals surface area contributed by atoms with Gasteiger partial charge in [-0.3, -0.25) is 4.79 Å². The third-order valence-corrected chi connectivity index (χ3v) is 5.91. The molecule has 1 saturated carbocycles. The Balaban J connectivity index is 1.64. The highest BCUT2D eigenvalue weighted by molar-refractivity contribution is 8.00. The van der Waals surface area contributed by atoms with Crippen LogP contribution in [-0.4, -0.2) is 38.7 Å². The van der Waals surface area contributed by atoms with Gasteiger partial charge in [-0.05, 0) is 38.2 Å². The summed E-state index contributed by atoms with van der Waals surface area (Å²) in [5.74, 6) is 1.15. The number of thioether (sulfide) groups is 1. The number of hydrogen-bond acceptors (Lipinski definition) is 4. The fourth-order valence-electron chi connectivity index (χ4n) is 3.28. The number of carbonyl (C=O) groups is 1. The minimum atomic E-state index is -0.245. The van der Waals surface area contributed by atoms with Gasteiger partial charge in [0.2, 0.25) is 5.91 Å². The minimum absolute atomic E-state index is 0.201. The van der Waals surface area contributed by atoms with Gasteiger partial charge in [0.15, 0.2) is 5.16 Å². The lowest BCUT2D eigenvalue weighted by atomic mass is 10.1. The molecule has 1 aliphatic heterocycles. The zero-order chi connectivity index (χ0) is 16.5. The number of aryl methyl sites for hydroxylation is 1. The van der Waals surface area contributed by atoms with Gasteiger partial charge in [-0.2, -0.15) is 0 Å². The van der Waals surface area contributed by atoms with Crippen LogP contribution in [0.15, 0.2) is 35.5 Å². The lowest BCUT2D eigenvalue weighted by molar-refractivity contribution is -0.129. The molecule has 0 unspecified atom stereocenters. The quantitative estimate of drug-likeness (QED) is 0.782. The number of benzene rings is 1. The maximum atomic E-state index is 13.1. The maximum absolute atomic E-state index is 13.1. The second kappa shape index (κ2) is 6.59. The molecule has 1 aliphatic carbocycles. The summed E-state index contributed by atoms with van der Waals surface area (Å²) in [6, 6.07) is 10.6. The van der Waals surface area contributed by atoms with Gasteiger partial charge in [-0.25, -0.2) is 0 Å². The van der Waals surface area contributed by atoms with Crippen LogP contribution in [0.2, 0.25) is 0 Å². The number of carbonyl (C=O) groups excluding carboxylic acids is 1. The van der Waals surface area contributed by atoms with E-state index in [1.54, 1.807) is 11.8 Å². The zero-order valence-corrected chi connectivity index (χ0v) is 14.7. The average molecular weight is 342 g/mol. The Hall–Kier alpha value is -1.82. The van der Waals surface area contributed by atoms with Crippen LogP contribution < -0.4 is 0 Å². The van der Waals surface area contributed by atoms with Gasteiger partial charge >= 0.3 is 0 Å². The van der Waals surface area contributed by atoms with Gasteiger partial charge in [0.05, 0.1) is 0 Å². The van der Waals surface area contributed by atoms with Crippen molar-refractivity contribution < 1.29 is 4.79 Å². The van der Waals surface area contributed by atoms with E-state index in [1.807, 2.05) is 42.2 Å². The summed E-state index contributed by atoms with van der Waals surface area (Å²) in [5, 5.41) is 9.23. The zero-order valence-electron chi connectivity index (χ0n) is 13.9. The Morgan fingerprint density at radius 1 is 1.17 bits per heavy atom. The summed E-state index contributed by atoms with van der Waals surface area (Å²) in [5.41, 5.74) is 1.04. The molecule has 4 rings (SSSR count). The van der Waals surface area contributed by atoms with Crippen molar-refractivity contribution in [2.24, 2.45) is 0 Å². The van der Waals surface area contributed by atoms with Crippen LogP contribution in [0.1, 0.15) is 48.4 Å². The molecule has 6 heteroatoms. The van der Waals surface area contributed by atoms with Crippen LogP contribution in [-0.2, 0) is 4.79 Å². The predicted molar refractivity (Wildman–Crippen MR) is 93.9 cm³/mol. The van der Waals surface area contributed by atoms with Crippen LogP contribution in [0.5, 0.6) is 0 Å². The van der Waals surface area contributed by atoms with Crippen LogP contribution >= 0.6 is 11.8 Å². The van der Waals surface area contributed by atoms with Crippen molar-refractivity contribution in [3.05, 3.63) is 41.7 Å². The minimum Gasteiger partial charge on any atom is -0.341 e. The van der Waals surface area contributed by atoms with E-state index in [9.17, 15) is 4.79 Å². The summed E-state index contributed by atoms with van der Waals surface area (Å²) in [6.45, 7) is 3.74. The van der Waals surface area contributed by atoms with Crippen molar-refractivity contribution in [2.45, 2.75) is 49.1 Å². The Labute approximate surface area is 146 Å². The molecule has 0 bridgehead atoms. The highest BCUT2D eigenvalue weighted by Gasteiger charge is 2.33. The molecule has 5 nitrogen and oxygen atoms in total. The average Bonchev–Trinajstić information content (AvgIpc) is 3.15. The fraction of sp³-hybridized carbons (Fsp3) is 0.500. The van der Waals surface area contributed by atoms with E-state index in [0.717, 1.165) is 42.5 Å². The second-order valence-electron chi connectivity index (χ2n) is 6.57. The van der Waals surface area contributed by atoms with E-state index >= 15 is 0 Å². The molecule has 2 heterocycles. The summed E-state index contributed by atoms with van der Waals surface area (Å²) in [6.07, 6.45) is 4.58. The summed E-state index contributed by atoms with van der Waals surface area (Å²) < 4.78 is 2.21. The standard InChI is InChI=1S/C18H22N4OS/c1-13-19-20-18(22(13)15-9-10-15)24-16(14-7-3-2-4-8-14)17(23)21-11-5-6-12-21/h2-4,7-8,15-16H,5-6,9-12H2,1H3/t16-/m1/s1. The van der Waals surface area contributed by atoms with E-state index in [2.05, 4.69) is 14.8 Å². The first-order valence-corrected chi connectivity index (χ1v) is 9.54. The molecule has 126 valence electrons. The van der Waals surface area contributed by atoms with E-state index in [4.69, 9.17) is 0 Å². The lowest BCUT2D eigenvalue weighted by Crippen LogP contribution is -2.31. The smallest absolute Gasteiger partial charge is 0.240 e. The molecule has 1 aromatic carbocycles. The Morgan fingerprint density at radius 2 is 1.88 bits per heavy atom. The summed E-state index contributed by atoms with van der Waals surface area (Å²) in [7, 11) is 0. The van der Waals surface area contributed by atoms with E-state index in [1.165, 1.54) is 12.8 Å². The van der Waals surface area contributed by atoms with E-state index < -0.39 is 0 Å². The van der Waals surface area contributed by atoms with Crippen LogP contribution in [0.4, 0.5) is 0 Å². The third-order valence-electron chi connectivity index (χ3n) is 4.71. The van der Waals surface area contributed by atoms with Gasteiger partial charge in [0, 0.05) is 19.1 Å². The summed E-state index contributed by atoms with van der Waals surface area (Å²) >= 11 is 1.55. The third kappa shape index (κ3) is 3.07. The highest BCUT2D eigenvalue weighted by atomic mass is 32.2. The maximum Gasteiger partial charge on any atom is 0.240 e. The molecular weight excluding hydrogens is 320 g/mol. The van der Waals surface area contributed by atoms with Gasteiger partial charge in [-0.1, -0.05) is 42.1 Å². The van der Waals surface area contributed by atoms with Gasteiger partial charge in [0.1, 0.15) is 11.1 Å². The monoisotopic (exact) mass is 342 g/mol. The lowest BCUT2D eigenvalue weighted by Gasteiger charge is -2.23. The van der Waals surface area contributed by atoms with Crippen molar-refractivity contribution in [1.82, 2.24) is 19.7 Å². The van der Waals surface area contributed by atoms with Gasteiger partial charge in [-0.15, -0.1) is 10.2 Å². The molecule has 1 saturated heterocycles. The van der Waals surface area contributed by atoms with Crippen LogP contribution in [0.25, 0.3) is 0 Å². The molecule has 24 heavy (non-hydrogen) atoms. The van der Waals surface area contributed by atoms with E-state index in [0.29, 0.717) is 6.04 Å². The molecule has 1 amide bonds. The van der Waals surface area contributed by atoms with Crippen molar-refractivity contribution in [1.29, 1.82) is 0 Å². The van der Waals surface area contributed by atoms with E-state index in [-0.39, 0.29) is 11.2 Å². The Bertz CT molecular complexity index is 720. The first-order valence-electron chi connectivity index (χ1n) is 8.66. The molecule has 2 fully saturated rings. The first kappa shape index (κ1) is 15.7. The Morgan fingerprint density at radius 3 is 2.54 bits per heavy atom. The van der Waals surface area contributed by atoms with Gasteiger partial charge < -0.3 is 9.47 Å². The number of aromatic nitrogens is 3. The Kier molecular flexibility index (Phi) is 4.31.